The zero-order valence-electron chi connectivity index (χ0n) is 20.7. The van der Waals surface area contributed by atoms with Gasteiger partial charge in [-0.2, -0.15) is 0 Å². The first-order chi connectivity index (χ1) is 16.0. The molecule has 2 heterocycles. The molecule has 0 bridgehead atoms. The topological polar surface area (TPSA) is 73.4 Å². The highest BCUT2D eigenvalue weighted by Gasteiger charge is 2.17. The minimum absolute atomic E-state index is 0. The Bertz CT molecular complexity index is 1390. The molecule has 0 amide bonds. The maximum absolute atomic E-state index is 13.3. The summed E-state index contributed by atoms with van der Waals surface area (Å²) in [6.07, 6.45) is 2.95. The summed E-state index contributed by atoms with van der Waals surface area (Å²) in [5.41, 5.74) is 4.47. The lowest BCUT2D eigenvalue weighted by molar-refractivity contribution is 0.356. The molecule has 0 unspecified atom stereocenters. The fourth-order valence-electron chi connectivity index (χ4n) is 4.42. The van der Waals surface area contributed by atoms with E-state index in [4.69, 9.17) is 19.2 Å². The summed E-state index contributed by atoms with van der Waals surface area (Å²) in [5, 5.41) is 2.86. The van der Waals surface area contributed by atoms with Gasteiger partial charge in [-0.25, -0.2) is 0 Å². The number of nitrogens with one attached hydrogen (secondary N) is 1. The van der Waals surface area contributed by atoms with Crippen LogP contribution in [-0.4, -0.2) is 31.3 Å². The molecule has 6 nitrogen and oxygen atoms in total. The van der Waals surface area contributed by atoms with Gasteiger partial charge in [0.25, 0.3) is 5.56 Å². The molecule has 35 heavy (non-hydrogen) atoms. The van der Waals surface area contributed by atoms with Gasteiger partial charge in [0.2, 0.25) is 0 Å². The van der Waals surface area contributed by atoms with Gasteiger partial charge in [-0.3, -0.25) is 9.78 Å². The van der Waals surface area contributed by atoms with E-state index in [9.17, 15) is 4.79 Å². The first kappa shape index (κ1) is 28.3. The van der Waals surface area contributed by atoms with Crippen molar-refractivity contribution in [3.63, 3.8) is 0 Å². The number of aromatic amines is 1. The van der Waals surface area contributed by atoms with E-state index >= 15 is 0 Å². The van der Waals surface area contributed by atoms with Gasteiger partial charge in [-0.1, -0.05) is 20.3 Å². The van der Waals surface area contributed by atoms with Crippen LogP contribution in [0.4, 0.5) is 0 Å². The third-order valence-electron chi connectivity index (χ3n) is 6.11. The van der Waals surface area contributed by atoms with Crippen LogP contribution in [-0.2, 0) is 19.3 Å². The number of aromatic nitrogens is 2. The quantitative estimate of drug-likeness (QED) is 0.307. The third kappa shape index (κ3) is 5.49. The summed E-state index contributed by atoms with van der Waals surface area (Å²) in [6, 6.07) is 11.9. The summed E-state index contributed by atoms with van der Waals surface area (Å²) in [4.78, 5) is 21.3. The zero-order chi connectivity index (χ0) is 23.5. The molecule has 2 aromatic heterocycles. The average Bonchev–Trinajstić information content (AvgIpc) is 2.84. The minimum atomic E-state index is -0.0778. The summed E-state index contributed by atoms with van der Waals surface area (Å²) >= 11 is 0. The van der Waals surface area contributed by atoms with E-state index in [1.54, 1.807) is 21.3 Å². The molecule has 4 rings (SSSR count). The maximum Gasteiger partial charge on any atom is 0.252 e. The summed E-state index contributed by atoms with van der Waals surface area (Å²) in [5.74, 6) is 2.04. The number of benzene rings is 2. The SMILES string of the molecule is CCCc1[nH]c(=O)c(Cc2cc3cc(OC)ccc3nc2CC)c2cc(OC)c(OC)cc12.Cl.Cl. The number of methoxy groups -OCH3 is 3. The normalized spacial score (nSPS) is 10.5. The van der Waals surface area contributed by atoms with E-state index in [2.05, 4.69) is 24.9 Å². The van der Waals surface area contributed by atoms with E-state index in [1.165, 1.54) is 0 Å². The predicted molar refractivity (Wildman–Crippen MR) is 147 cm³/mol. The molecular formula is C27H32Cl2N2O4. The summed E-state index contributed by atoms with van der Waals surface area (Å²) < 4.78 is 16.5. The summed E-state index contributed by atoms with van der Waals surface area (Å²) in [7, 11) is 4.89. The van der Waals surface area contributed by atoms with Gasteiger partial charge in [-0.15, -0.1) is 24.8 Å². The van der Waals surface area contributed by atoms with Crippen molar-refractivity contribution in [3.05, 3.63) is 69.3 Å². The van der Waals surface area contributed by atoms with Crippen LogP contribution >= 0.6 is 24.8 Å². The van der Waals surface area contributed by atoms with Crippen LogP contribution in [0.25, 0.3) is 21.7 Å². The predicted octanol–water partition coefficient (Wildman–Crippen LogP) is 6.05. The number of ether oxygens (including phenoxy) is 3. The van der Waals surface area contributed by atoms with E-state index in [1.807, 2.05) is 30.3 Å². The Morgan fingerprint density at radius 3 is 2.17 bits per heavy atom. The molecule has 4 aromatic rings. The lowest BCUT2D eigenvalue weighted by atomic mass is 9.95. The molecule has 0 aliphatic rings. The molecule has 188 valence electrons. The lowest BCUT2D eigenvalue weighted by Gasteiger charge is -2.16. The number of nitrogens with zero attached hydrogens (tertiary/aromatic N) is 1. The minimum Gasteiger partial charge on any atom is -0.497 e. The van der Waals surface area contributed by atoms with Crippen molar-refractivity contribution < 1.29 is 14.2 Å². The molecule has 8 heteroatoms. The Labute approximate surface area is 217 Å². The first-order valence-corrected chi connectivity index (χ1v) is 11.3. The average molecular weight is 519 g/mol. The number of pyridine rings is 2. The van der Waals surface area contributed by atoms with Crippen molar-refractivity contribution in [2.75, 3.05) is 21.3 Å². The van der Waals surface area contributed by atoms with Crippen molar-refractivity contribution in [1.82, 2.24) is 9.97 Å². The molecule has 0 saturated carbocycles. The second-order valence-corrected chi connectivity index (χ2v) is 8.10. The molecule has 0 fully saturated rings. The molecule has 0 spiro atoms. The van der Waals surface area contributed by atoms with Crippen molar-refractivity contribution in [2.45, 2.75) is 39.5 Å². The molecule has 0 saturated heterocycles. The van der Waals surface area contributed by atoms with Gasteiger partial charge >= 0.3 is 0 Å². The molecule has 0 aliphatic heterocycles. The van der Waals surface area contributed by atoms with Crippen LogP contribution in [0.2, 0.25) is 0 Å². The standard InChI is InChI=1S/C27H30N2O4.2ClH/c1-6-8-24-20-15-26(33-5)25(32-4)14-19(20)21(27(30)29-24)13-17-11-16-12-18(31-3)9-10-23(16)28-22(17)7-2;;/h9-12,14-15H,6-8,13H2,1-5H3,(H,29,30);2*1H. The lowest BCUT2D eigenvalue weighted by Crippen LogP contribution is -2.17. The Morgan fingerprint density at radius 1 is 0.886 bits per heavy atom. The van der Waals surface area contributed by atoms with Crippen LogP contribution in [0.1, 0.15) is 42.8 Å². The van der Waals surface area contributed by atoms with Crippen LogP contribution in [0.3, 0.4) is 0 Å². The van der Waals surface area contributed by atoms with Crippen LogP contribution < -0.4 is 19.8 Å². The Balaban J connectivity index is 0.00000216. The fraction of sp³-hybridized carbons (Fsp3) is 0.333. The van der Waals surface area contributed by atoms with Crippen molar-refractivity contribution in [1.29, 1.82) is 0 Å². The molecule has 1 N–H and O–H groups in total. The van der Waals surface area contributed by atoms with Crippen LogP contribution in [0.5, 0.6) is 17.2 Å². The molecule has 0 aliphatic carbocycles. The van der Waals surface area contributed by atoms with Gasteiger partial charge in [0.1, 0.15) is 5.75 Å². The van der Waals surface area contributed by atoms with Crippen molar-refractivity contribution in [3.8, 4) is 17.2 Å². The summed E-state index contributed by atoms with van der Waals surface area (Å²) in [6.45, 7) is 4.18. The number of rotatable bonds is 8. The Morgan fingerprint density at radius 2 is 1.57 bits per heavy atom. The smallest absolute Gasteiger partial charge is 0.252 e. The van der Waals surface area contributed by atoms with E-state index < -0.39 is 0 Å². The second kappa shape index (κ2) is 12.1. The number of halogens is 2. The van der Waals surface area contributed by atoms with Gasteiger partial charge in [0, 0.05) is 34.1 Å². The highest BCUT2D eigenvalue weighted by Crippen LogP contribution is 2.35. The molecule has 0 atom stereocenters. The Hall–Kier alpha value is -2.96. The monoisotopic (exact) mass is 518 g/mol. The van der Waals surface area contributed by atoms with E-state index in [-0.39, 0.29) is 30.4 Å². The van der Waals surface area contributed by atoms with Gasteiger partial charge in [-0.05, 0) is 60.2 Å². The maximum atomic E-state index is 13.3. The molecule has 2 aromatic carbocycles. The van der Waals surface area contributed by atoms with Crippen LogP contribution in [0, 0.1) is 0 Å². The second-order valence-electron chi connectivity index (χ2n) is 8.10. The number of hydrogen-bond acceptors (Lipinski definition) is 5. The largest absolute Gasteiger partial charge is 0.497 e. The Kier molecular flexibility index (Phi) is 9.81. The first-order valence-electron chi connectivity index (χ1n) is 11.3. The number of hydrogen-bond donors (Lipinski definition) is 1. The molecular weight excluding hydrogens is 487 g/mol. The zero-order valence-corrected chi connectivity index (χ0v) is 22.3. The fourth-order valence-corrected chi connectivity index (χ4v) is 4.42. The molecule has 0 radical (unpaired) electrons. The number of H-pyrrole nitrogens is 1. The van der Waals surface area contributed by atoms with Crippen molar-refractivity contribution in [2.24, 2.45) is 0 Å². The third-order valence-corrected chi connectivity index (χ3v) is 6.11. The van der Waals surface area contributed by atoms with Gasteiger partial charge < -0.3 is 19.2 Å². The van der Waals surface area contributed by atoms with Crippen molar-refractivity contribution >= 4 is 46.5 Å². The highest BCUT2D eigenvalue weighted by atomic mass is 35.5. The van der Waals surface area contributed by atoms with Gasteiger partial charge in [0.15, 0.2) is 11.5 Å². The highest BCUT2D eigenvalue weighted by molar-refractivity contribution is 5.91. The van der Waals surface area contributed by atoms with Crippen LogP contribution in [0.15, 0.2) is 41.2 Å². The van der Waals surface area contributed by atoms with E-state index in [0.29, 0.717) is 23.5 Å². The number of aryl methyl sites for hydroxylation is 2. The van der Waals surface area contributed by atoms with E-state index in [0.717, 1.165) is 63.6 Å². The van der Waals surface area contributed by atoms with Gasteiger partial charge in [0.05, 0.1) is 26.8 Å². The number of fused-ring (bicyclic) bond motifs is 2.